The number of carboxylic acids is 1. The molecule has 5 rings (SSSR count). The van der Waals surface area contributed by atoms with E-state index in [1.54, 1.807) is 0 Å². The van der Waals surface area contributed by atoms with E-state index in [2.05, 4.69) is 34.9 Å². The van der Waals surface area contributed by atoms with E-state index in [-0.39, 0.29) is 36.3 Å². The Hall–Kier alpha value is -3.35. The minimum Gasteiger partial charge on any atom is -0.481 e. The number of rotatable bonds is 7. The van der Waals surface area contributed by atoms with Crippen molar-refractivity contribution in [3.8, 4) is 11.1 Å². The van der Waals surface area contributed by atoms with Crippen molar-refractivity contribution in [3.63, 3.8) is 0 Å². The average molecular weight is 449 g/mol. The van der Waals surface area contributed by atoms with Crippen LogP contribution >= 0.6 is 0 Å². The van der Waals surface area contributed by atoms with Crippen molar-refractivity contribution in [2.75, 3.05) is 13.2 Å². The maximum absolute atomic E-state index is 12.5. The van der Waals surface area contributed by atoms with Crippen molar-refractivity contribution in [2.45, 2.75) is 37.6 Å². The SMILES string of the molecule is O=C(NC[C@@H]1C[C@@H]1C(=O)NC1CCCC1C(=O)O)OCC1c2ccccc2-c2ccccc21. The van der Waals surface area contributed by atoms with E-state index in [9.17, 15) is 19.5 Å². The molecule has 2 fully saturated rings. The summed E-state index contributed by atoms with van der Waals surface area (Å²) >= 11 is 0. The second kappa shape index (κ2) is 8.89. The first-order chi connectivity index (χ1) is 16.0. The Balaban J connectivity index is 1.09. The maximum Gasteiger partial charge on any atom is 0.407 e. The van der Waals surface area contributed by atoms with Crippen LogP contribution < -0.4 is 10.6 Å². The van der Waals surface area contributed by atoms with E-state index in [0.717, 1.165) is 17.5 Å². The number of hydrogen-bond acceptors (Lipinski definition) is 4. The maximum atomic E-state index is 12.5. The first-order valence-corrected chi connectivity index (χ1v) is 11.6. The molecule has 0 aliphatic heterocycles. The standard InChI is InChI=1S/C26H28N2O5/c29-24(28-23-11-5-10-20(23)25(30)31)21-12-15(21)13-27-26(32)33-14-22-18-8-3-1-6-16(18)17-7-2-4-9-19(17)22/h1-4,6-9,15,20-23H,5,10-14H2,(H,27,32)(H,28,29)(H,30,31)/t15-,20?,21-,23?/m0/s1. The van der Waals surface area contributed by atoms with Gasteiger partial charge in [0.25, 0.3) is 0 Å². The van der Waals surface area contributed by atoms with Crippen molar-refractivity contribution in [3.05, 3.63) is 59.7 Å². The Morgan fingerprint density at radius 3 is 2.27 bits per heavy atom. The van der Waals surface area contributed by atoms with E-state index in [4.69, 9.17) is 4.74 Å². The molecule has 3 N–H and O–H groups in total. The van der Waals surface area contributed by atoms with Gasteiger partial charge in [0, 0.05) is 24.4 Å². The number of carbonyl (C=O) groups excluding carboxylic acids is 2. The highest BCUT2D eigenvalue weighted by atomic mass is 16.5. The Labute approximate surface area is 192 Å². The molecular formula is C26H28N2O5. The highest BCUT2D eigenvalue weighted by Crippen LogP contribution is 2.44. The number of carbonyl (C=O) groups is 3. The second-order valence-corrected chi connectivity index (χ2v) is 9.30. The molecule has 4 atom stereocenters. The number of amides is 2. The lowest BCUT2D eigenvalue weighted by Crippen LogP contribution is -2.41. The third-order valence-corrected chi connectivity index (χ3v) is 7.27. The fourth-order valence-corrected chi connectivity index (χ4v) is 5.38. The normalized spacial score (nSPS) is 25.1. The number of ether oxygens (including phenoxy) is 1. The summed E-state index contributed by atoms with van der Waals surface area (Å²) in [4.78, 5) is 36.1. The van der Waals surface area contributed by atoms with Crippen molar-refractivity contribution in [2.24, 2.45) is 17.8 Å². The van der Waals surface area contributed by atoms with Gasteiger partial charge in [0.1, 0.15) is 6.61 Å². The lowest BCUT2D eigenvalue weighted by molar-refractivity contribution is -0.142. The van der Waals surface area contributed by atoms with Crippen LogP contribution in [0.1, 0.15) is 42.7 Å². The van der Waals surface area contributed by atoms with Crippen molar-refractivity contribution < 1.29 is 24.2 Å². The molecule has 0 bridgehead atoms. The summed E-state index contributed by atoms with van der Waals surface area (Å²) in [7, 11) is 0. The number of benzene rings is 2. The van der Waals surface area contributed by atoms with Gasteiger partial charge in [-0.05, 0) is 47.4 Å². The molecular weight excluding hydrogens is 420 g/mol. The zero-order valence-corrected chi connectivity index (χ0v) is 18.3. The average Bonchev–Trinajstić information content (AvgIpc) is 3.33. The second-order valence-electron chi connectivity index (χ2n) is 9.30. The van der Waals surface area contributed by atoms with Crippen molar-refractivity contribution in [1.29, 1.82) is 0 Å². The predicted octanol–water partition coefficient (Wildman–Crippen LogP) is 3.53. The van der Waals surface area contributed by atoms with Gasteiger partial charge >= 0.3 is 12.1 Å². The van der Waals surface area contributed by atoms with Crippen LogP contribution in [0, 0.1) is 17.8 Å². The highest BCUT2D eigenvalue weighted by Gasteiger charge is 2.45. The third kappa shape index (κ3) is 4.32. The Kier molecular flexibility index (Phi) is 5.79. The van der Waals surface area contributed by atoms with Crippen LogP contribution in [0.5, 0.6) is 0 Å². The van der Waals surface area contributed by atoms with Crippen LogP contribution in [0.15, 0.2) is 48.5 Å². The lowest BCUT2D eigenvalue weighted by Gasteiger charge is -2.17. The largest absolute Gasteiger partial charge is 0.481 e. The molecule has 33 heavy (non-hydrogen) atoms. The number of hydrogen-bond donors (Lipinski definition) is 3. The Morgan fingerprint density at radius 1 is 0.939 bits per heavy atom. The quantitative estimate of drug-likeness (QED) is 0.601. The molecule has 0 radical (unpaired) electrons. The third-order valence-electron chi connectivity index (χ3n) is 7.27. The van der Waals surface area contributed by atoms with Gasteiger partial charge in [0.15, 0.2) is 0 Å². The zero-order valence-electron chi connectivity index (χ0n) is 18.3. The fraction of sp³-hybridized carbons (Fsp3) is 0.423. The number of nitrogens with one attached hydrogen (secondary N) is 2. The molecule has 3 aliphatic rings. The zero-order chi connectivity index (χ0) is 22.9. The minimum absolute atomic E-state index is 0.0104. The van der Waals surface area contributed by atoms with Gasteiger partial charge in [-0.3, -0.25) is 9.59 Å². The molecule has 2 aromatic rings. The van der Waals surface area contributed by atoms with Gasteiger partial charge in [-0.1, -0.05) is 55.0 Å². The summed E-state index contributed by atoms with van der Waals surface area (Å²) in [5.74, 6) is -1.54. The van der Waals surface area contributed by atoms with Gasteiger partial charge in [0.2, 0.25) is 5.91 Å². The van der Waals surface area contributed by atoms with E-state index >= 15 is 0 Å². The molecule has 2 amide bonds. The first kappa shape index (κ1) is 21.5. The summed E-state index contributed by atoms with van der Waals surface area (Å²) in [5, 5.41) is 15.0. The summed E-state index contributed by atoms with van der Waals surface area (Å²) in [5.41, 5.74) is 4.69. The molecule has 0 saturated heterocycles. The molecule has 2 saturated carbocycles. The Morgan fingerprint density at radius 2 is 1.61 bits per heavy atom. The fourth-order valence-electron chi connectivity index (χ4n) is 5.38. The molecule has 2 unspecified atom stereocenters. The monoisotopic (exact) mass is 448 g/mol. The van der Waals surface area contributed by atoms with Gasteiger partial charge in [0.05, 0.1) is 5.92 Å². The van der Waals surface area contributed by atoms with Gasteiger partial charge in [-0.15, -0.1) is 0 Å². The van der Waals surface area contributed by atoms with Crippen LogP contribution in [0.25, 0.3) is 11.1 Å². The Bertz CT molecular complexity index is 1040. The van der Waals surface area contributed by atoms with Crippen molar-refractivity contribution >= 4 is 18.0 Å². The lowest BCUT2D eigenvalue weighted by atomic mass is 9.98. The van der Waals surface area contributed by atoms with Crippen LogP contribution in [-0.2, 0) is 14.3 Å². The predicted molar refractivity (Wildman–Crippen MR) is 122 cm³/mol. The molecule has 2 aromatic carbocycles. The smallest absolute Gasteiger partial charge is 0.407 e. The van der Waals surface area contributed by atoms with Gasteiger partial charge in [-0.2, -0.15) is 0 Å². The van der Waals surface area contributed by atoms with E-state index in [1.807, 2.05) is 24.3 Å². The van der Waals surface area contributed by atoms with Gasteiger partial charge in [-0.25, -0.2) is 4.79 Å². The number of alkyl carbamates (subject to hydrolysis) is 1. The van der Waals surface area contributed by atoms with E-state index in [0.29, 0.717) is 25.8 Å². The van der Waals surface area contributed by atoms with Gasteiger partial charge < -0.3 is 20.5 Å². The summed E-state index contributed by atoms with van der Waals surface area (Å²) in [6.45, 7) is 0.633. The number of aliphatic carboxylic acids is 1. The van der Waals surface area contributed by atoms with Crippen LogP contribution in [0.3, 0.4) is 0 Å². The number of carboxylic acid groups (broad SMARTS) is 1. The van der Waals surface area contributed by atoms with Crippen LogP contribution in [0.2, 0.25) is 0 Å². The van der Waals surface area contributed by atoms with E-state index in [1.165, 1.54) is 11.1 Å². The summed E-state index contributed by atoms with van der Waals surface area (Å²) in [6, 6.07) is 16.1. The molecule has 3 aliphatic carbocycles. The number of fused-ring (bicyclic) bond motifs is 3. The van der Waals surface area contributed by atoms with Crippen LogP contribution in [0.4, 0.5) is 4.79 Å². The molecule has 7 nitrogen and oxygen atoms in total. The molecule has 0 spiro atoms. The first-order valence-electron chi connectivity index (χ1n) is 11.6. The highest BCUT2D eigenvalue weighted by molar-refractivity contribution is 5.83. The molecule has 0 aromatic heterocycles. The van der Waals surface area contributed by atoms with Crippen LogP contribution in [-0.4, -0.2) is 42.3 Å². The topological polar surface area (TPSA) is 105 Å². The minimum atomic E-state index is -0.845. The van der Waals surface area contributed by atoms with Crippen molar-refractivity contribution in [1.82, 2.24) is 10.6 Å². The molecule has 172 valence electrons. The summed E-state index contributed by atoms with van der Waals surface area (Å²) in [6.07, 6.45) is 2.35. The summed E-state index contributed by atoms with van der Waals surface area (Å²) < 4.78 is 5.55. The van der Waals surface area contributed by atoms with E-state index < -0.39 is 18.0 Å². The molecule has 7 heteroatoms. The molecule has 0 heterocycles.